The molecule has 0 N–H and O–H groups in total. The van der Waals surface area contributed by atoms with Crippen LogP contribution >= 0.6 is 15.9 Å². The Hall–Kier alpha value is -3.03. The molecule has 0 aliphatic carbocycles. The van der Waals surface area contributed by atoms with E-state index < -0.39 is 0 Å². The largest absolute Gasteiger partial charge is 0.374 e. The summed E-state index contributed by atoms with van der Waals surface area (Å²) in [6.45, 7) is 2.18. The molecule has 4 rings (SSSR count). The number of benzene rings is 2. The van der Waals surface area contributed by atoms with Crippen LogP contribution in [0.5, 0.6) is 0 Å². The number of fused-ring (bicyclic) bond motifs is 3. The summed E-state index contributed by atoms with van der Waals surface area (Å²) in [6, 6.07) is 14.9. The summed E-state index contributed by atoms with van der Waals surface area (Å²) in [5.74, 6) is -0.485. The van der Waals surface area contributed by atoms with Crippen molar-refractivity contribution in [1.82, 2.24) is 9.13 Å². The Bertz CT molecular complexity index is 1410. The fraction of sp³-hybridized carbons (Fsp3) is 0.240. The number of hydrogen-bond donors (Lipinski definition) is 0. The predicted octanol–water partition coefficient (Wildman–Crippen LogP) is 4.64. The van der Waals surface area contributed by atoms with Crippen molar-refractivity contribution in [2.75, 3.05) is 13.2 Å². The second-order valence-corrected chi connectivity index (χ2v) is 8.65. The Morgan fingerprint density at radius 2 is 1.69 bits per heavy atom. The lowest BCUT2D eigenvalue weighted by Crippen LogP contribution is -2.20. The molecule has 0 fully saturated rings. The van der Waals surface area contributed by atoms with Crippen LogP contribution in [0.25, 0.3) is 33.1 Å². The number of ketones is 2. The lowest BCUT2D eigenvalue weighted by atomic mass is 10.0. The molecule has 32 heavy (non-hydrogen) atoms. The standard InChI is InChI=1S/C25H23BrN2O4/c1-4-32-14-18(29)12-23(30)16-7-10-22-20(11-16)21-13-19(15-5-8-17(26)9-6-15)25(31)28(3)24(21)27(22)2/h5-11,13H,4,12,14H2,1-3H3. The van der Waals surface area contributed by atoms with E-state index in [0.29, 0.717) is 17.7 Å². The van der Waals surface area contributed by atoms with Gasteiger partial charge < -0.3 is 9.30 Å². The molecule has 0 atom stereocenters. The number of carbonyl (C=O) groups excluding carboxylic acids is 2. The molecule has 2 aromatic heterocycles. The van der Waals surface area contributed by atoms with Gasteiger partial charge >= 0.3 is 0 Å². The molecule has 0 aliphatic heterocycles. The van der Waals surface area contributed by atoms with E-state index in [0.717, 1.165) is 32.0 Å². The molecule has 4 aromatic rings. The lowest BCUT2D eigenvalue weighted by Gasteiger charge is -2.08. The van der Waals surface area contributed by atoms with Gasteiger partial charge in [-0.05, 0) is 48.9 Å². The molecule has 0 bridgehead atoms. The Labute approximate surface area is 193 Å². The maximum Gasteiger partial charge on any atom is 0.259 e. The molecule has 164 valence electrons. The van der Waals surface area contributed by atoms with Gasteiger partial charge in [-0.3, -0.25) is 19.0 Å². The van der Waals surface area contributed by atoms with Crippen LogP contribution in [0.4, 0.5) is 0 Å². The third-order valence-corrected chi connectivity index (χ3v) is 6.18. The number of rotatable bonds is 7. The van der Waals surface area contributed by atoms with Gasteiger partial charge in [-0.1, -0.05) is 28.1 Å². The number of halogens is 1. The maximum atomic E-state index is 13.1. The van der Waals surface area contributed by atoms with Crippen LogP contribution in [0, 0.1) is 0 Å². The van der Waals surface area contributed by atoms with E-state index in [-0.39, 0.29) is 30.2 Å². The molecule has 0 amide bonds. The number of ether oxygens (including phenoxy) is 1. The third kappa shape index (κ3) is 3.94. The number of Topliss-reactive ketones (excluding diaryl/α,β-unsaturated/α-hetero) is 2. The Balaban J connectivity index is 1.86. The molecule has 2 heterocycles. The predicted molar refractivity (Wildman–Crippen MR) is 129 cm³/mol. The fourth-order valence-electron chi connectivity index (χ4n) is 4.05. The fourth-order valence-corrected chi connectivity index (χ4v) is 4.31. The molecule has 0 saturated carbocycles. The van der Waals surface area contributed by atoms with Gasteiger partial charge in [-0.2, -0.15) is 0 Å². The number of pyridine rings is 1. The molecule has 0 saturated heterocycles. The summed E-state index contributed by atoms with van der Waals surface area (Å²) in [5.41, 5.74) is 3.45. The molecule has 6 nitrogen and oxygen atoms in total. The first-order valence-corrected chi connectivity index (χ1v) is 11.1. The van der Waals surface area contributed by atoms with E-state index >= 15 is 0 Å². The van der Waals surface area contributed by atoms with Crippen molar-refractivity contribution in [1.29, 1.82) is 0 Å². The topological polar surface area (TPSA) is 70.3 Å². The van der Waals surface area contributed by atoms with Crippen LogP contribution in [0.1, 0.15) is 23.7 Å². The van der Waals surface area contributed by atoms with E-state index in [9.17, 15) is 14.4 Å². The highest BCUT2D eigenvalue weighted by molar-refractivity contribution is 9.10. The van der Waals surface area contributed by atoms with Crippen molar-refractivity contribution in [2.45, 2.75) is 13.3 Å². The number of carbonyl (C=O) groups is 2. The SMILES string of the molecule is CCOCC(=O)CC(=O)c1ccc2c(c1)c1cc(-c3ccc(Br)cc3)c(=O)n(C)c1n2C. The Morgan fingerprint density at radius 1 is 0.969 bits per heavy atom. The molecule has 0 radical (unpaired) electrons. The average Bonchev–Trinajstić information content (AvgIpc) is 3.06. The van der Waals surface area contributed by atoms with E-state index in [1.807, 2.05) is 54.1 Å². The minimum Gasteiger partial charge on any atom is -0.374 e. The van der Waals surface area contributed by atoms with Crippen LogP contribution in [0.3, 0.4) is 0 Å². The highest BCUT2D eigenvalue weighted by atomic mass is 79.9. The molecular weight excluding hydrogens is 472 g/mol. The minimum atomic E-state index is -0.244. The van der Waals surface area contributed by atoms with Crippen LogP contribution in [-0.4, -0.2) is 33.9 Å². The van der Waals surface area contributed by atoms with E-state index in [1.165, 1.54) is 0 Å². The molecule has 0 unspecified atom stereocenters. The smallest absolute Gasteiger partial charge is 0.259 e. The van der Waals surface area contributed by atoms with E-state index in [4.69, 9.17) is 4.74 Å². The van der Waals surface area contributed by atoms with E-state index in [2.05, 4.69) is 15.9 Å². The van der Waals surface area contributed by atoms with Gasteiger partial charge in [0.05, 0.1) is 11.9 Å². The first-order valence-electron chi connectivity index (χ1n) is 10.3. The number of nitrogens with zero attached hydrogens (tertiary/aromatic N) is 2. The van der Waals surface area contributed by atoms with Crippen molar-refractivity contribution in [3.05, 3.63) is 68.9 Å². The molecule has 2 aromatic carbocycles. The summed E-state index contributed by atoms with van der Waals surface area (Å²) < 4.78 is 9.64. The highest BCUT2D eigenvalue weighted by Crippen LogP contribution is 2.31. The van der Waals surface area contributed by atoms with Crippen molar-refractivity contribution < 1.29 is 14.3 Å². The summed E-state index contributed by atoms with van der Waals surface area (Å²) in [6.07, 6.45) is -0.196. The third-order valence-electron chi connectivity index (χ3n) is 5.65. The van der Waals surface area contributed by atoms with Gasteiger partial charge in [-0.25, -0.2) is 0 Å². The van der Waals surface area contributed by atoms with Gasteiger partial charge in [0.15, 0.2) is 11.6 Å². The van der Waals surface area contributed by atoms with Gasteiger partial charge in [0.1, 0.15) is 12.3 Å². The second kappa shape index (κ2) is 8.84. The number of aromatic nitrogens is 2. The highest BCUT2D eigenvalue weighted by Gasteiger charge is 2.18. The quantitative estimate of drug-likeness (QED) is 0.277. The monoisotopic (exact) mass is 494 g/mol. The summed E-state index contributed by atoms with van der Waals surface area (Å²) >= 11 is 3.43. The van der Waals surface area contributed by atoms with E-state index in [1.54, 1.807) is 24.6 Å². The van der Waals surface area contributed by atoms with Gasteiger partial charge in [0.2, 0.25) is 0 Å². The maximum absolute atomic E-state index is 13.1. The van der Waals surface area contributed by atoms with Gasteiger partial charge in [-0.15, -0.1) is 0 Å². The van der Waals surface area contributed by atoms with Crippen LogP contribution in [0.15, 0.2) is 57.8 Å². The number of hydrogen-bond acceptors (Lipinski definition) is 4. The summed E-state index contributed by atoms with van der Waals surface area (Å²) in [7, 11) is 3.65. The zero-order valence-electron chi connectivity index (χ0n) is 18.1. The van der Waals surface area contributed by atoms with Crippen molar-refractivity contribution in [3.63, 3.8) is 0 Å². The van der Waals surface area contributed by atoms with Crippen molar-refractivity contribution >= 4 is 49.4 Å². The summed E-state index contributed by atoms with van der Waals surface area (Å²) in [4.78, 5) is 37.8. The molecule has 7 heteroatoms. The molecular formula is C25H23BrN2O4. The Kier molecular flexibility index (Phi) is 6.13. The average molecular weight is 495 g/mol. The van der Waals surface area contributed by atoms with Crippen molar-refractivity contribution in [2.24, 2.45) is 14.1 Å². The van der Waals surface area contributed by atoms with Gasteiger partial charge in [0, 0.05) is 47.1 Å². The molecule has 0 aliphatic rings. The molecule has 0 spiro atoms. The van der Waals surface area contributed by atoms with Gasteiger partial charge in [0.25, 0.3) is 5.56 Å². The first-order chi connectivity index (χ1) is 15.3. The lowest BCUT2D eigenvalue weighted by molar-refractivity contribution is -0.122. The zero-order chi connectivity index (χ0) is 23.0. The second-order valence-electron chi connectivity index (χ2n) is 7.73. The van der Waals surface area contributed by atoms with Crippen LogP contribution < -0.4 is 5.56 Å². The first kappa shape index (κ1) is 22.2. The van der Waals surface area contributed by atoms with Crippen LogP contribution in [-0.2, 0) is 23.6 Å². The van der Waals surface area contributed by atoms with Crippen LogP contribution in [0.2, 0.25) is 0 Å². The normalized spacial score (nSPS) is 11.4. The zero-order valence-corrected chi connectivity index (χ0v) is 19.7. The Morgan fingerprint density at radius 3 is 2.38 bits per heavy atom. The van der Waals surface area contributed by atoms with Crippen molar-refractivity contribution in [3.8, 4) is 11.1 Å². The minimum absolute atomic E-state index is 0.0581. The number of aryl methyl sites for hydroxylation is 2. The summed E-state index contributed by atoms with van der Waals surface area (Å²) in [5, 5.41) is 1.73.